The number of hydrazine groups is 1. The first-order chi connectivity index (χ1) is 14.1. The summed E-state index contributed by atoms with van der Waals surface area (Å²) in [6, 6.07) is 20.7. The Hall–Kier alpha value is -3.54. The van der Waals surface area contributed by atoms with Crippen molar-refractivity contribution < 1.29 is 18.7 Å². The van der Waals surface area contributed by atoms with E-state index in [1.807, 2.05) is 42.5 Å². The monoisotopic (exact) mass is 392 g/mol. The van der Waals surface area contributed by atoms with Crippen LogP contribution in [0, 0.1) is 0 Å². The van der Waals surface area contributed by atoms with Crippen LogP contribution in [0.25, 0.3) is 0 Å². The summed E-state index contributed by atoms with van der Waals surface area (Å²) in [5.74, 6) is 0.549. The van der Waals surface area contributed by atoms with E-state index in [9.17, 15) is 9.59 Å². The molecule has 2 aromatic carbocycles. The molecule has 0 aliphatic carbocycles. The lowest BCUT2D eigenvalue weighted by Crippen LogP contribution is -2.41. The molecule has 29 heavy (non-hydrogen) atoms. The highest BCUT2D eigenvalue weighted by Gasteiger charge is 2.12. The number of rotatable bonds is 8. The van der Waals surface area contributed by atoms with Crippen LogP contribution in [0.4, 0.5) is 0 Å². The Morgan fingerprint density at radius 1 is 0.897 bits per heavy atom. The SMILES string of the molecule is CCc1ccc(CCC(=O)NNC(=O)c2ccc(COc3ccccc3)o2)cc1. The van der Waals surface area contributed by atoms with Gasteiger partial charge in [0.05, 0.1) is 0 Å². The van der Waals surface area contributed by atoms with E-state index in [-0.39, 0.29) is 24.7 Å². The van der Waals surface area contributed by atoms with Gasteiger partial charge in [0.25, 0.3) is 0 Å². The molecular formula is C23H24N2O4. The molecule has 0 unspecified atom stereocenters. The molecule has 0 aliphatic rings. The minimum absolute atomic E-state index is 0.104. The van der Waals surface area contributed by atoms with Crippen molar-refractivity contribution in [3.63, 3.8) is 0 Å². The summed E-state index contributed by atoms with van der Waals surface area (Å²) in [6.07, 6.45) is 1.87. The van der Waals surface area contributed by atoms with Crippen LogP contribution in [0.2, 0.25) is 0 Å². The van der Waals surface area contributed by atoms with Gasteiger partial charge in [-0.2, -0.15) is 0 Å². The molecule has 0 atom stereocenters. The van der Waals surface area contributed by atoms with Crippen LogP contribution < -0.4 is 15.6 Å². The summed E-state index contributed by atoms with van der Waals surface area (Å²) in [4.78, 5) is 24.1. The average molecular weight is 392 g/mol. The second-order valence-corrected chi connectivity index (χ2v) is 6.54. The predicted octanol–water partition coefficient (Wildman–Crippen LogP) is 3.81. The first kappa shape index (κ1) is 20.2. The van der Waals surface area contributed by atoms with Crippen LogP contribution in [0.1, 0.15) is 40.8 Å². The van der Waals surface area contributed by atoms with E-state index >= 15 is 0 Å². The molecule has 3 rings (SSSR count). The summed E-state index contributed by atoms with van der Waals surface area (Å²) in [5, 5.41) is 0. The maximum absolute atomic E-state index is 12.1. The maximum atomic E-state index is 12.1. The van der Waals surface area contributed by atoms with E-state index < -0.39 is 5.91 Å². The minimum Gasteiger partial charge on any atom is -0.486 e. The van der Waals surface area contributed by atoms with Crippen molar-refractivity contribution >= 4 is 11.8 Å². The third kappa shape index (κ3) is 6.24. The lowest BCUT2D eigenvalue weighted by Gasteiger charge is -2.07. The van der Waals surface area contributed by atoms with Crippen LogP contribution in [0.3, 0.4) is 0 Å². The van der Waals surface area contributed by atoms with Crippen LogP contribution in [0.5, 0.6) is 5.75 Å². The van der Waals surface area contributed by atoms with Gasteiger partial charge in [-0.25, -0.2) is 0 Å². The highest BCUT2D eigenvalue weighted by Crippen LogP contribution is 2.14. The summed E-state index contributed by atoms with van der Waals surface area (Å²) < 4.78 is 11.0. The van der Waals surface area contributed by atoms with Crippen molar-refractivity contribution in [1.82, 2.24) is 10.9 Å². The second kappa shape index (κ2) is 10.1. The fourth-order valence-electron chi connectivity index (χ4n) is 2.70. The van der Waals surface area contributed by atoms with E-state index in [0.29, 0.717) is 17.9 Å². The molecule has 0 aliphatic heterocycles. The number of nitrogens with one attached hydrogen (secondary N) is 2. The molecule has 6 nitrogen and oxygen atoms in total. The van der Waals surface area contributed by atoms with Crippen molar-refractivity contribution in [3.05, 3.63) is 89.4 Å². The zero-order valence-corrected chi connectivity index (χ0v) is 16.3. The number of carbonyl (C=O) groups excluding carboxylic acids is 2. The third-order valence-corrected chi connectivity index (χ3v) is 4.40. The molecule has 0 saturated carbocycles. The lowest BCUT2D eigenvalue weighted by molar-refractivity contribution is -0.121. The van der Waals surface area contributed by atoms with E-state index in [0.717, 1.165) is 12.0 Å². The van der Waals surface area contributed by atoms with Gasteiger partial charge < -0.3 is 9.15 Å². The smallest absolute Gasteiger partial charge is 0.305 e. The molecular weight excluding hydrogens is 368 g/mol. The first-order valence-electron chi connectivity index (χ1n) is 9.57. The van der Waals surface area contributed by atoms with Crippen molar-refractivity contribution in [2.24, 2.45) is 0 Å². The van der Waals surface area contributed by atoms with Gasteiger partial charge in [0.15, 0.2) is 5.76 Å². The molecule has 2 N–H and O–H groups in total. The topological polar surface area (TPSA) is 80.6 Å². The number of hydrogen-bond acceptors (Lipinski definition) is 4. The maximum Gasteiger partial charge on any atom is 0.305 e. The van der Waals surface area contributed by atoms with Gasteiger partial charge in [0.1, 0.15) is 18.1 Å². The molecule has 1 aromatic heterocycles. The normalized spacial score (nSPS) is 10.4. The zero-order valence-electron chi connectivity index (χ0n) is 16.3. The third-order valence-electron chi connectivity index (χ3n) is 4.40. The number of furan rings is 1. The Labute approximate surface area is 169 Å². The van der Waals surface area contributed by atoms with E-state index in [2.05, 4.69) is 29.9 Å². The van der Waals surface area contributed by atoms with Gasteiger partial charge in [-0.15, -0.1) is 0 Å². The van der Waals surface area contributed by atoms with Crippen molar-refractivity contribution in [2.45, 2.75) is 32.8 Å². The van der Waals surface area contributed by atoms with E-state index in [1.165, 1.54) is 5.56 Å². The number of benzene rings is 2. The molecule has 0 saturated heterocycles. The summed E-state index contributed by atoms with van der Waals surface area (Å²) >= 11 is 0. The lowest BCUT2D eigenvalue weighted by atomic mass is 10.1. The molecule has 0 spiro atoms. The van der Waals surface area contributed by atoms with Gasteiger partial charge in [-0.3, -0.25) is 20.4 Å². The zero-order chi connectivity index (χ0) is 20.5. The molecule has 0 radical (unpaired) electrons. The molecule has 0 bridgehead atoms. The van der Waals surface area contributed by atoms with E-state index in [4.69, 9.17) is 9.15 Å². The summed E-state index contributed by atoms with van der Waals surface area (Å²) in [7, 11) is 0. The van der Waals surface area contributed by atoms with Gasteiger partial charge >= 0.3 is 5.91 Å². The van der Waals surface area contributed by atoms with Crippen molar-refractivity contribution in [1.29, 1.82) is 0 Å². The van der Waals surface area contributed by atoms with Crippen molar-refractivity contribution in [2.75, 3.05) is 0 Å². The fourth-order valence-corrected chi connectivity index (χ4v) is 2.70. The van der Waals surface area contributed by atoms with Gasteiger partial charge in [0, 0.05) is 6.42 Å². The number of aryl methyl sites for hydroxylation is 2. The Bertz CT molecular complexity index is 933. The van der Waals surface area contributed by atoms with Crippen LogP contribution in [-0.2, 0) is 24.2 Å². The number of ether oxygens (including phenoxy) is 1. The Balaban J connectivity index is 1.40. The molecule has 1 heterocycles. The standard InChI is InChI=1S/C23H24N2O4/c1-2-17-8-10-18(11-9-17)12-15-22(26)24-25-23(27)21-14-13-20(29-21)16-28-19-6-4-3-5-7-19/h3-11,13-14H,2,12,15-16H2,1H3,(H,24,26)(H,25,27). The predicted molar refractivity (Wildman–Crippen MR) is 109 cm³/mol. The Morgan fingerprint density at radius 3 is 2.34 bits per heavy atom. The highest BCUT2D eigenvalue weighted by molar-refractivity contribution is 5.92. The first-order valence-corrected chi connectivity index (χ1v) is 9.57. The largest absolute Gasteiger partial charge is 0.486 e. The van der Waals surface area contributed by atoms with Crippen LogP contribution in [-0.4, -0.2) is 11.8 Å². The molecule has 0 fully saturated rings. The van der Waals surface area contributed by atoms with Crippen LogP contribution in [0.15, 0.2) is 71.1 Å². The number of carbonyl (C=O) groups is 2. The summed E-state index contributed by atoms with van der Waals surface area (Å²) in [6.45, 7) is 2.31. The quantitative estimate of drug-likeness (QED) is 0.571. The average Bonchev–Trinajstić information content (AvgIpc) is 3.25. The van der Waals surface area contributed by atoms with Gasteiger partial charge in [0.2, 0.25) is 5.91 Å². The van der Waals surface area contributed by atoms with Gasteiger partial charge in [-0.05, 0) is 48.2 Å². The fraction of sp³-hybridized carbons (Fsp3) is 0.217. The van der Waals surface area contributed by atoms with Gasteiger partial charge in [-0.1, -0.05) is 49.4 Å². The Morgan fingerprint density at radius 2 is 1.62 bits per heavy atom. The number of amides is 2. The van der Waals surface area contributed by atoms with Crippen molar-refractivity contribution in [3.8, 4) is 5.75 Å². The second-order valence-electron chi connectivity index (χ2n) is 6.54. The molecule has 2 amide bonds. The Kier molecular flexibility index (Phi) is 7.05. The van der Waals surface area contributed by atoms with E-state index in [1.54, 1.807) is 12.1 Å². The molecule has 150 valence electrons. The molecule has 3 aromatic rings. The number of para-hydroxylation sites is 1. The molecule has 6 heteroatoms. The number of hydrogen-bond donors (Lipinski definition) is 2. The van der Waals surface area contributed by atoms with Crippen LogP contribution >= 0.6 is 0 Å². The summed E-state index contributed by atoms with van der Waals surface area (Å²) in [5.41, 5.74) is 7.12. The highest BCUT2D eigenvalue weighted by atomic mass is 16.5. The minimum atomic E-state index is -0.517.